The maximum Gasteiger partial charge on any atom is 0.238 e. The number of benzene rings is 1. The highest BCUT2D eigenvalue weighted by Gasteiger charge is 2.14. The van der Waals surface area contributed by atoms with Gasteiger partial charge >= 0.3 is 0 Å². The molecular formula is C13H19N3O. The SMILES string of the molecule is Cc1cc(NC(=O)CN2CCCC2)ccc1N. The van der Waals surface area contributed by atoms with Gasteiger partial charge in [-0.25, -0.2) is 0 Å². The molecule has 1 aliphatic rings. The number of rotatable bonds is 3. The number of carbonyl (C=O) groups is 1. The molecule has 0 spiro atoms. The van der Waals surface area contributed by atoms with E-state index in [1.807, 2.05) is 25.1 Å². The van der Waals surface area contributed by atoms with Crippen molar-refractivity contribution in [3.05, 3.63) is 23.8 Å². The molecule has 1 heterocycles. The molecule has 1 aromatic carbocycles. The third-order valence-electron chi connectivity index (χ3n) is 3.12. The van der Waals surface area contributed by atoms with Gasteiger partial charge in [0.15, 0.2) is 0 Å². The third-order valence-corrected chi connectivity index (χ3v) is 3.12. The largest absolute Gasteiger partial charge is 0.399 e. The molecule has 0 atom stereocenters. The van der Waals surface area contributed by atoms with Crippen LogP contribution in [0.15, 0.2) is 18.2 Å². The van der Waals surface area contributed by atoms with Crippen molar-refractivity contribution in [3.63, 3.8) is 0 Å². The number of anilines is 2. The number of likely N-dealkylation sites (tertiary alicyclic amines) is 1. The molecule has 0 aromatic heterocycles. The molecule has 92 valence electrons. The summed E-state index contributed by atoms with van der Waals surface area (Å²) in [6.45, 7) is 4.50. The summed E-state index contributed by atoms with van der Waals surface area (Å²) in [6, 6.07) is 5.56. The molecule has 4 heteroatoms. The lowest BCUT2D eigenvalue weighted by molar-refractivity contribution is -0.117. The molecule has 1 fully saturated rings. The van der Waals surface area contributed by atoms with Crippen LogP contribution < -0.4 is 11.1 Å². The van der Waals surface area contributed by atoms with E-state index in [4.69, 9.17) is 5.73 Å². The summed E-state index contributed by atoms with van der Waals surface area (Å²) in [5.74, 6) is 0.0519. The number of aryl methyl sites for hydroxylation is 1. The molecule has 2 rings (SSSR count). The number of hydrogen-bond donors (Lipinski definition) is 2. The number of carbonyl (C=O) groups excluding carboxylic acids is 1. The van der Waals surface area contributed by atoms with E-state index in [1.165, 1.54) is 12.8 Å². The molecule has 17 heavy (non-hydrogen) atoms. The van der Waals surface area contributed by atoms with Gasteiger partial charge in [0.1, 0.15) is 0 Å². The Labute approximate surface area is 102 Å². The van der Waals surface area contributed by atoms with Crippen LogP contribution in [0.1, 0.15) is 18.4 Å². The summed E-state index contributed by atoms with van der Waals surface area (Å²) in [4.78, 5) is 14.0. The number of nitrogen functional groups attached to an aromatic ring is 1. The molecule has 3 N–H and O–H groups in total. The van der Waals surface area contributed by atoms with Crippen molar-refractivity contribution in [2.45, 2.75) is 19.8 Å². The molecule has 0 unspecified atom stereocenters. The number of nitrogens with two attached hydrogens (primary N) is 1. The van der Waals surface area contributed by atoms with Crippen LogP contribution in [0.4, 0.5) is 11.4 Å². The lowest BCUT2D eigenvalue weighted by Gasteiger charge is -2.14. The Hall–Kier alpha value is -1.55. The van der Waals surface area contributed by atoms with E-state index in [0.29, 0.717) is 6.54 Å². The van der Waals surface area contributed by atoms with E-state index >= 15 is 0 Å². The lowest BCUT2D eigenvalue weighted by atomic mass is 10.2. The highest BCUT2D eigenvalue weighted by atomic mass is 16.2. The van der Waals surface area contributed by atoms with Crippen LogP contribution in [0.3, 0.4) is 0 Å². The monoisotopic (exact) mass is 233 g/mol. The quantitative estimate of drug-likeness (QED) is 0.780. The first-order valence-corrected chi connectivity index (χ1v) is 6.03. The first-order valence-electron chi connectivity index (χ1n) is 6.03. The second-order valence-electron chi connectivity index (χ2n) is 4.60. The van der Waals surface area contributed by atoms with E-state index in [9.17, 15) is 4.79 Å². The fraction of sp³-hybridized carbons (Fsp3) is 0.462. The normalized spacial score (nSPS) is 16.1. The minimum Gasteiger partial charge on any atom is -0.399 e. The van der Waals surface area contributed by atoms with Gasteiger partial charge in [-0.1, -0.05) is 0 Å². The minimum atomic E-state index is 0.0519. The molecule has 0 bridgehead atoms. The van der Waals surface area contributed by atoms with Crippen LogP contribution in [0.5, 0.6) is 0 Å². The Bertz CT molecular complexity index is 411. The highest BCUT2D eigenvalue weighted by molar-refractivity contribution is 5.92. The third kappa shape index (κ3) is 3.20. The van der Waals surface area contributed by atoms with Gasteiger partial charge in [-0.05, 0) is 56.6 Å². The summed E-state index contributed by atoms with van der Waals surface area (Å²) in [7, 11) is 0. The van der Waals surface area contributed by atoms with Crippen LogP contribution in [-0.2, 0) is 4.79 Å². The van der Waals surface area contributed by atoms with E-state index in [-0.39, 0.29) is 5.91 Å². The van der Waals surface area contributed by atoms with Crippen molar-refractivity contribution in [3.8, 4) is 0 Å². The molecule has 0 radical (unpaired) electrons. The predicted molar refractivity (Wildman–Crippen MR) is 69.9 cm³/mol. The smallest absolute Gasteiger partial charge is 0.238 e. The molecule has 1 amide bonds. The lowest BCUT2D eigenvalue weighted by Crippen LogP contribution is -2.30. The highest BCUT2D eigenvalue weighted by Crippen LogP contribution is 2.16. The first-order chi connectivity index (χ1) is 8.15. The predicted octanol–water partition coefficient (Wildman–Crippen LogP) is 1.61. The van der Waals surface area contributed by atoms with Gasteiger partial charge in [-0.15, -0.1) is 0 Å². The molecular weight excluding hydrogens is 214 g/mol. The maximum absolute atomic E-state index is 11.8. The summed E-state index contributed by atoms with van der Waals surface area (Å²) in [5, 5.41) is 2.90. The van der Waals surface area contributed by atoms with Gasteiger partial charge in [0.05, 0.1) is 6.54 Å². The molecule has 4 nitrogen and oxygen atoms in total. The topological polar surface area (TPSA) is 58.4 Å². The zero-order valence-corrected chi connectivity index (χ0v) is 10.2. The van der Waals surface area contributed by atoms with Crippen molar-refractivity contribution in [1.29, 1.82) is 0 Å². The van der Waals surface area contributed by atoms with Crippen LogP contribution in [0.25, 0.3) is 0 Å². The van der Waals surface area contributed by atoms with Gasteiger partial charge in [0.2, 0.25) is 5.91 Å². The Morgan fingerprint density at radius 3 is 2.76 bits per heavy atom. The fourth-order valence-corrected chi connectivity index (χ4v) is 2.10. The van der Waals surface area contributed by atoms with E-state index < -0.39 is 0 Å². The maximum atomic E-state index is 11.8. The summed E-state index contributed by atoms with van der Waals surface area (Å²) in [6.07, 6.45) is 2.41. The zero-order valence-electron chi connectivity index (χ0n) is 10.2. The Morgan fingerprint density at radius 2 is 2.12 bits per heavy atom. The molecule has 1 saturated heterocycles. The van der Waals surface area contributed by atoms with Crippen LogP contribution in [0.2, 0.25) is 0 Å². The van der Waals surface area contributed by atoms with Crippen LogP contribution in [-0.4, -0.2) is 30.4 Å². The molecule has 1 aliphatic heterocycles. The van der Waals surface area contributed by atoms with Gasteiger partial charge in [0, 0.05) is 11.4 Å². The van der Waals surface area contributed by atoms with Crippen molar-refractivity contribution in [1.82, 2.24) is 4.90 Å². The van der Waals surface area contributed by atoms with Crippen molar-refractivity contribution in [2.24, 2.45) is 0 Å². The van der Waals surface area contributed by atoms with Crippen molar-refractivity contribution >= 4 is 17.3 Å². The standard InChI is InChI=1S/C13H19N3O/c1-10-8-11(4-5-12(10)14)15-13(17)9-16-6-2-3-7-16/h4-5,8H,2-3,6-7,9,14H2,1H3,(H,15,17). The summed E-state index contributed by atoms with van der Waals surface area (Å²) < 4.78 is 0. The second-order valence-corrected chi connectivity index (χ2v) is 4.60. The van der Waals surface area contributed by atoms with Gasteiger partial charge < -0.3 is 11.1 Å². The summed E-state index contributed by atoms with van der Waals surface area (Å²) >= 11 is 0. The molecule has 1 aromatic rings. The Balaban J connectivity index is 1.90. The van der Waals surface area contributed by atoms with Crippen molar-refractivity contribution < 1.29 is 4.79 Å². The minimum absolute atomic E-state index is 0.0519. The van der Waals surface area contributed by atoms with E-state index in [0.717, 1.165) is 30.0 Å². The fourth-order valence-electron chi connectivity index (χ4n) is 2.10. The molecule has 0 saturated carbocycles. The number of nitrogens with zero attached hydrogens (tertiary/aromatic N) is 1. The number of amides is 1. The molecule has 0 aliphatic carbocycles. The van der Waals surface area contributed by atoms with E-state index in [2.05, 4.69) is 10.2 Å². The van der Waals surface area contributed by atoms with E-state index in [1.54, 1.807) is 0 Å². The number of nitrogens with one attached hydrogen (secondary N) is 1. The van der Waals surface area contributed by atoms with Gasteiger partial charge in [-0.2, -0.15) is 0 Å². The first kappa shape index (κ1) is 11.9. The average molecular weight is 233 g/mol. The van der Waals surface area contributed by atoms with Gasteiger partial charge in [-0.3, -0.25) is 9.69 Å². The van der Waals surface area contributed by atoms with Crippen molar-refractivity contribution in [2.75, 3.05) is 30.7 Å². The second kappa shape index (κ2) is 5.19. The zero-order chi connectivity index (χ0) is 12.3. The van der Waals surface area contributed by atoms with Crippen LogP contribution >= 0.6 is 0 Å². The number of hydrogen-bond acceptors (Lipinski definition) is 3. The summed E-state index contributed by atoms with van der Waals surface area (Å²) in [5.41, 5.74) is 8.29. The Kier molecular flexibility index (Phi) is 3.64. The average Bonchev–Trinajstić information content (AvgIpc) is 2.76. The van der Waals surface area contributed by atoms with Crippen LogP contribution in [0, 0.1) is 6.92 Å². The van der Waals surface area contributed by atoms with Gasteiger partial charge in [0.25, 0.3) is 0 Å². The Morgan fingerprint density at radius 1 is 1.41 bits per heavy atom.